The monoisotopic (exact) mass is 199 g/mol. The van der Waals surface area contributed by atoms with Crippen molar-refractivity contribution >= 4 is 6.21 Å². The number of hydrogen-bond acceptors (Lipinski definition) is 1. The van der Waals surface area contributed by atoms with Crippen molar-refractivity contribution in [1.29, 1.82) is 0 Å². The topological polar surface area (TPSA) is 12.4 Å². The molecule has 0 aliphatic heterocycles. The molecule has 5 heteroatoms. The normalized spacial score (nSPS) is 16.5. The highest BCUT2D eigenvalue weighted by Gasteiger charge is 2.25. The lowest BCUT2D eigenvalue weighted by Gasteiger charge is -2.16. The van der Waals surface area contributed by atoms with Gasteiger partial charge in [-0.1, -0.05) is 0 Å². The fourth-order valence-corrected chi connectivity index (χ4v) is 0.967. The Balaban J connectivity index is 4.02. The SMILES string of the molecule is CC(CC(C)(C)F)/N=C/C(F)(F)F. The number of alkyl halides is 4. The zero-order chi connectivity index (χ0) is 10.7. The highest BCUT2D eigenvalue weighted by molar-refractivity contribution is 5.64. The summed E-state index contributed by atoms with van der Waals surface area (Å²) in [4.78, 5) is 3.19. The Morgan fingerprint density at radius 1 is 1.23 bits per heavy atom. The van der Waals surface area contributed by atoms with Crippen molar-refractivity contribution in [2.45, 2.75) is 45.1 Å². The highest BCUT2D eigenvalue weighted by Crippen LogP contribution is 2.18. The summed E-state index contributed by atoms with van der Waals surface area (Å²) < 4.78 is 47.7. The molecule has 1 atom stereocenters. The van der Waals surface area contributed by atoms with Gasteiger partial charge >= 0.3 is 6.18 Å². The zero-order valence-corrected chi connectivity index (χ0v) is 7.82. The number of aliphatic imine (C=N–C) groups is 1. The molecule has 0 aromatic heterocycles. The molecule has 0 spiro atoms. The Kier molecular flexibility index (Phi) is 3.88. The van der Waals surface area contributed by atoms with Gasteiger partial charge in [0.05, 0.1) is 6.04 Å². The quantitative estimate of drug-likeness (QED) is 0.489. The molecule has 78 valence electrons. The molecule has 0 aliphatic rings. The molecular weight excluding hydrogens is 186 g/mol. The van der Waals surface area contributed by atoms with E-state index in [0.29, 0.717) is 0 Å². The van der Waals surface area contributed by atoms with E-state index in [1.165, 1.54) is 20.8 Å². The van der Waals surface area contributed by atoms with E-state index in [0.717, 1.165) is 0 Å². The van der Waals surface area contributed by atoms with Crippen LogP contribution in [0.1, 0.15) is 27.2 Å². The third-order valence-corrected chi connectivity index (χ3v) is 1.26. The molecule has 0 amide bonds. The van der Waals surface area contributed by atoms with Crippen LogP contribution < -0.4 is 0 Å². The molecule has 0 aromatic rings. The maximum atomic E-state index is 12.9. The van der Waals surface area contributed by atoms with Crippen molar-refractivity contribution in [2.75, 3.05) is 0 Å². The van der Waals surface area contributed by atoms with E-state index in [9.17, 15) is 17.6 Å². The minimum atomic E-state index is -4.41. The van der Waals surface area contributed by atoms with E-state index in [4.69, 9.17) is 0 Å². The molecule has 13 heavy (non-hydrogen) atoms. The molecule has 0 aliphatic carbocycles. The average molecular weight is 199 g/mol. The summed E-state index contributed by atoms with van der Waals surface area (Å²) in [7, 11) is 0. The summed E-state index contributed by atoms with van der Waals surface area (Å²) in [6, 6.07) is -0.651. The largest absolute Gasteiger partial charge is 0.426 e. The summed E-state index contributed by atoms with van der Waals surface area (Å²) in [5, 5.41) is 0. The Bertz CT molecular complexity index is 178. The molecule has 1 nitrogen and oxygen atoms in total. The standard InChI is InChI=1S/C8H13F4N/c1-6(4-7(2,3)9)13-5-8(10,11)12/h5-6H,4H2,1-3H3/b13-5+. The van der Waals surface area contributed by atoms with Crippen LogP contribution in [0.15, 0.2) is 4.99 Å². The zero-order valence-electron chi connectivity index (χ0n) is 7.82. The van der Waals surface area contributed by atoms with Gasteiger partial charge in [-0.2, -0.15) is 13.2 Å². The van der Waals surface area contributed by atoms with Crippen molar-refractivity contribution < 1.29 is 17.6 Å². The lowest BCUT2D eigenvalue weighted by Crippen LogP contribution is -2.20. The van der Waals surface area contributed by atoms with Crippen LogP contribution in [-0.4, -0.2) is 24.1 Å². The van der Waals surface area contributed by atoms with E-state index in [-0.39, 0.29) is 12.6 Å². The minimum Gasteiger partial charge on any atom is -0.285 e. The van der Waals surface area contributed by atoms with Crippen LogP contribution in [0.4, 0.5) is 17.6 Å². The minimum absolute atomic E-state index is 0.0143. The second kappa shape index (κ2) is 4.07. The molecule has 1 unspecified atom stereocenters. The maximum Gasteiger partial charge on any atom is 0.426 e. The Hall–Kier alpha value is -0.610. The third-order valence-electron chi connectivity index (χ3n) is 1.26. The van der Waals surface area contributed by atoms with Gasteiger partial charge < -0.3 is 0 Å². The number of nitrogens with zero attached hydrogens (tertiary/aromatic N) is 1. The van der Waals surface area contributed by atoms with Crippen LogP contribution in [-0.2, 0) is 0 Å². The summed E-state index contributed by atoms with van der Waals surface area (Å²) in [5.41, 5.74) is -1.48. The van der Waals surface area contributed by atoms with Gasteiger partial charge in [0, 0.05) is 6.42 Å². The fourth-order valence-electron chi connectivity index (χ4n) is 0.967. The predicted molar refractivity (Wildman–Crippen MR) is 43.8 cm³/mol. The second-order valence-electron chi connectivity index (χ2n) is 3.59. The van der Waals surface area contributed by atoms with Crippen LogP contribution in [0.2, 0.25) is 0 Å². The van der Waals surface area contributed by atoms with Crippen molar-refractivity contribution in [2.24, 2.45) is 4.99 Å². The van der Waals surface area contributed by atoms with E-state index < -0.39 is 17.9 Å². The van der Waals surface area contributed by atoms with Gasteiger partial charge in [-0.3, -0.25) is 4.99 Å². The molecular formula is C8H13F4N. The first kappa shape index (κ1) is 12.4. The smallest absolute Gasteiger partial charge is 0.285 e. The van der Waals surface area contributed by atoms with Gasteiger partial charge in [-0.15, -0.1) is 0 Å². The molecule has 0 fully saturated rings. The van der Waals surface area contributed by atoms with E-state index in [1.807, 2.05) is 0 Å². The molecule has 0 saturated carbocycles. The molecule has 0 aromatic carbocycles. The van der Waals surface area contributed by atoms with Crippen LogP contribution in [0, 0.1) is 0 Å². The van der Waals surface area contributed by atoms with Crippen LogP contribution in [0.25, 0.3) is 0 Å². The van der Waals surface area contributed by atoms with Crippen molar-refractivity contribution in [3.05, 3.63) is 0 Å². The molecule has 0 heterocycles. The molecule has 0 rings (SSSR count). The van der Waals surface area contributed by atoms with Gasteiger partial charge in [0.15, 0.2) is 0 Å². The Labute approximate surface area is 74.9 Å². The first-order valence-electron chi connectivity index (χ1n) is 3.90. The van der Waals surface area contributed by atoms with Gasteiger partial charge in [0.1, 0.15) is 11.9 Å². The summed E-state index contributed by atoms with van der Waals surface area (Å²) >= 11 is 0. The van der Waals surface area contributed by atoms with Gasteiger partial charge in [-0.25, -0.2) is 4.39 Å². The van der Waals surface area contributed by atoms with E-state index in [1.54, 1.807) is 0 Å². The van der Waals surface area contributed by atoms with Gasteiger partial charge in [0.25, 0.3) is 0 Å². The molecule has 0 N–H and O–H groups in total. The molecule has 0 radical (unpaired) electrons. The average Bonchev–Trinajstić information content (AvgIpc) is 1.78. The van der Waals surface area contributed by atoms with Gasteiger partial charge in [0.2, 0.25) is 0 Å². The maximum absolute atomic E-state index is 12.9. The lowest BCUT2D eigenvalue weighted by atomic mass is 10.0. The first-order chi connectivity index (χ1) is 5.60. The number of halogens is 4. The fraction of sp³-hybridized carbons (Fsp3) is 0.875. The summed E-state index contributed by atoms with van der Waals surface area (Å²) in [6.45, 7) is 4.07. The second-order valence-corrected chi connectivity index (χ2v) is 3.59. The van der Waals surface area contributed by atoms with Gasteiger partial charge in [-0.05, 0) is 20.8 Å². The van der Waals surface area contributed by atoms with E-state index in [2.05, 4.69) is 4.99 Å². The van der Waals surface area contributed by atoms with Crippen LogP contribution in [0.3, 0.4) is 0 Å². The predicted octanol–water partition coefficient (Wildman–Crippen LogP) is 3.15. The van der Waals surface area contributed by atoms with Crippen LogP contribution >= 0.6 is 0 Å². The first-order valence-corrected chi connectivity index (χ1v) is 3.90. The molecule has 0 saturated heterocycles. The highest BCUT2D eigenvalue weighted by atomic mass is 19.4. The molecule has 0 bridgehead atoms. The summed E-state index contributed by atoms with van der Waals surface area (Å²) in [5.74, 6) is 0. The number of hydrogen-bond donors (Lipinski definition) is 0. The Morgan fingerprint density at radius 3 is 2.00 bits per heavy atom. The third kappa shape index (κ3) is 9.30. The summed E-state index contributed by atoms with van der Waals surface area (Å²) in [6.07, 6.45) is -4.52. The van der Waals surface area contributed by atoms with Crippen molar-refractivity contribution in [1.82, 2.24) is 0 Å². The van der Waals surface area contributed by atoms with Crippen molar-refractivity contribution in [3.8, 4) is 0 Å². The van der Waals surface area contributed by atoms with E-state index >= 15 is 0 Å². The van der Waals surface area contributed by atoms with Crippen LogP contribution in [0.5, 0.6) is 0 Å². The van der Waals surface area contributed by atoms with Crippen molar-refractivity contribution in [3.63, 3.8) is 0 Å². The number of rotatable bonds is 3. The lowest BCUT2D eigenvalue weighted by molar-refractivity contribution is -0.0539. The Morgan fingerprint density at radius 2 is 1.69 bits per heavy atom.